The highest BCUT2D eigenvalue weighted by molar-refractivity contribution is 9.10. The molecule has 0 radical (unpaired) electrons. The number of thiophene rings is 1. The molecule has 66 valence electrons. The van der Waals surface area contributed by atoms with Crippen molar-refractivity contribution in [3.8, 4) is 5.06 Å². The largest absolute Gasteiger partial charge is 0.514 e. The maximum Gasteiger partial charge on any atom is 0.514 e. The van der Waals surface area contributed by atoms with E-state index in [1.165, 1.54) is 18.4 Å². The van der Waals surface area contributed by atoms with Crippen LogP contribution < -0.4 is 4.74 Å². The molecule has 1 rings (SSSR count). The standard InChI is InChI=1S/C7H7BrO3S/c1-4-3-12-6(5(4)8)11-7(9)10-2/h3H,1-2H3. The van der Waals surface area contributed by atoms with Gasteiger partial charge in [-0.3, -0.25) is 0 Å². The highest BCUT2D eigenvalue weighted by atomic mass is 79.9. The lowest BCUT2D eigenvalue weighted by atomic mass is 10.4. The average molecular weight is 251 g/mol. The molecule has 5 heteroatoms. The summed E-state index contributed by atoms with van der Waals surface area (Å²) >= 11 is 4.64. The Morgan fingerprint density at radius 2 is 2.33 bits per heavy atom. The van der Waals surface area contributed by atoms with Gasteiger partial charge in [-0.2, -0.15) is 0 Å². The Kier molecular flexibility index (Phi) is 3.11. The van der Waals surface area contributed by atoms with Gasteiger partial charge in [0, 0.05) is 0 Å². The van der Waals surface area contributed by atoms with Crippen LogP contribution in [0.2, 0.25) is 0 Å². The van der Waals surface area contributed by atoms with Gasteiger partial charge in [0.15, 0.2) is 0 Å². The van der Waals surface area contributed by atoms with E-state index in [1.54, 1.807) is 0 Å². The van der Waals surface area contributed by atoms with Crippen LogP contribution >= 0.6 is 27.3 Å². The first kappa shape index (κ1) is 9.54. The molecule has 0 saturated heterocycles. The normalized spacial score (nSPS) is 9.58. The van der Waals surface area contributed by atoms with E-state index in [0.29, 0.717) is 5.06 Å². The van der Waals surface area contributed by atoms with Crippen molar-refractivity contribution in [1.29, 1.82) is 0 Å². The van der Waals surface area contributed by atoms with Crippen LogP contribution in [0.1, 0.15) is 5.56 Å². The zero-order valence-corrected chi connectivity index (χ0v) is 8.99. The number of methoxy groups -OCH3 is 1. The van der Waals surface area contributed by atoms with Gasteiger partial charge < -0.3 is 9.47 Å². The van der Waals surface area contributed by atoms with Crippen LogP contribution in [0, 0.1) is 6.92 Å². The second kappa shape index (κ2) is 3.91. The summed E-state index contributed by atoms with van der Waals surface area (Å²) in [4.78, 5) is 10.7. The summed E-state index contributed by atoms with van der Waals surface area (Å²) in [5, 5.41) is 2.42. The maximum absolute atomic E-state index is 10.7. The van der Waals surface area contributed by atoms with Crippen LogP contribution in [0.3, 0.4) is 0 Å². The zero-order chi connectivity index (χ0) is 9.14. The Balaban J connectivity index is 2.76. The van der Waals surface area contributed by atoms with E-state index in [-0.39, 0.29) is 0 Å². The third-order valence-electron chi connectivity index (χ3n) is 1.21. The number of hydrogen-bond acceptors (Lipinski definition) is 4. The van der Waals surface area contributed by atoms with Crippen molar-refractivity contribution >= 4 is 33.4 Å². The Morgan fingerprint density at radius 3 is 2.75 bits per heavy atom. The van der Waals surface area contributed by atoms with Crippen LogP contribution in [-0.2, 0) is 4.74 Å². The predicted octanol–water partition coefficient (Wildman–Crippen LogP) is 2.96. The van der Waals surface area contributed by atoms with Gasteiger partial charge in [-0.1, -0.05) is 0 Å². The van der Waals surface area contributed by atoms with Crippen LogP contribution in [0.25, 0.3) is 0 Å². The van der Waals surface area contributed by atoms with Crippen molar-refractivity contribution in [1.82, 2.24) is 0 Å². The van der Waals surface area contributed by atoms with Crippen LogP contribution in [-0.4, -0.2) is 13.3 Å². The van der Waals surface area contributed by atoms with E-state index in [0.717, 1.165) is 10.0 Å². The third-order valence-corrected chi connectivity index (χ3v) is 3.43. The highest BCUT2D eigenvalue weighted by Crippen LogP contribution is 2.35. The number of rotatable bonds is 1. The van der Waals surface area contributed by atoms with E-state index >= 15 is 0 Å². The van der Waals surface area contributed by atoms with Gasteiger partial charge in [0.25, 0.3) is 0 Å². The Labute approximate surface area is 82.4 Å². The van der Waals surface area contributed by atoms with E-state index < -0.39 is 6.16 Å². The molecular formula is C7H7BrO3S. The van der Waals surface area contributed by atoms with E-state index in [2.05, 4.69) is 20.7 Å². The Hall–Kier alpha value is -0.550. The van der Waals surface area contributed by atoms with Gasteiger partial charge in [-0.25, -0.2) is 4.79 Å². The first-order chi connectivity index (χ1) is 5.65. The Morgan fingerprint density at radius 1 is 1.67 bits per heavy atom. The van der Waals surface area contributed by atoms with Crippen molar-refractivity contribution in [2.75, 3.05) is 7.11 Å². The molecule has 0 aliphatic heterocycles. The molecule has 0 bridgehead atoms. The molecule has 0 fully saturated rings. The van der Waals surface area contributed by atoms with E-state index in [9.17, 15) is 4.79 Å². The molecule has 3 nitrogen and oxygen atoms in total. The van der Waals surface area contributed by atoms with Gasteiger partial charge >= 0.3 is 6.16 Å². The Bertz CT molecular complexity index is 295. The van der Waals surface area contributed by atoms with Gasteiger partial charge in [0.05, 0.1) is 11.6 Å². The van der Waals surface area contributed by atoms with Gasteiger partial charge in [-0.15, -0.1) is 11.3 Å². The molecule has 1 heterocycles. The van der Waals surface area contributed by atoms with Crippen molar-refractivity contribution in [3.05, 3.63) is 15.4 Å². The quantitative estimate of drug-likeness (QED) is 0.720. The topological polar surface area (TPSA) is 35.5 Å². The number of ether oxygens (including phenoxy) is 2. The van der Waals surface area contributed by atoms with E-state index in [4.69, 9.17) is 4.74 Å². The zero-order valence-electron chi connectivity index (χ0n) is 6.59. The molecule has 0 unspecified atom stereocenters. The minimum Gasteiger partial charge on any atom is -0.437 e. The summed E-state index contributed by atoms with van der Waals surface area (Å²) in [6.45, 7) is 1.92. The molecule has 1 aromatic rings. The number of hydrogen-bond donors (Lipinski definition) is 0. The van der Waals surface area contributed by atoms with Crippen molar-refractivity contribution in [2.45, 2.75) is 6.92 Å². The van der Waals surface area contributed by atoms with Gasteiger partial charge in [-0.05, 0) is 33.8 Å². The molecule has 12 heavy (non-hydrogen) atoms. The van der Waals surface area contributed by atoms with E-state index in [1.807, 2.05) is 12.3 Å². The fourth-order valence-corrected chi connectivity index (χ4v) is 2.00. The van der Waals surface area contributed by atoms with Crippen LogP contribution in [0.5, 0.6) is 5.06 Å². The minimum absolute atomic E-state index is 0.527. The average Bonchev–Trinajstić information content (AvgIpc) is 2.36. The number of aryl methyl sites for hydroxylation is 1. The lowest BCUT2D eigenvalue weighted by Gasteiger charge is -1.98. The fourth-order valence-electron chi connectivity index (χ4n) is 0.593. The highest BCUT2D eigenvalue weighted by Gasteiger charge is 2.11. The summed E-state index contributed by atoms with van der Waals surface area (Å²) in [5.41, 5.74) is 1.04. The third kappa shape index (κ3) is 1.98. The lowest BCUT2D eigenvalue weighted by molar-refractivity contribution is 0.122. The molecule has 0 saturated carbocycles. The molecule has 0 amide bonds. The van der Waals surface area contributed by atoms with Crippen molar-refractivity contribution in [2.24, 2.45) is 0 Å². The number of carbonyl (C=O) groups is 1. The summed E-state index contributed by atoms with van der Waals surface area (Å²) < 4.78 is 9.97. The second-order valence-electron chi connectivity index (χ2n) is 2.08. The SMILES string of the molecule is COC(=O)Oc1scc(C)c1Br. The predicted molar refractivity (Wildman–Crippen MR) is 49.8 cm³/mol. The molecular weight excluding hydrogens is 244 g/mol. The maximum atomic E-state index is 10.7. The first-order valence-electron chi connectivity index (χ1n) is 3.14. The lowest BCUT2D eigenvalue weighted by Crippen LogP contribution is -2.06. The smallest absolute Gasteiger partial charge is 0.437 e. The monoisotopic (exact) mass is 250 g/mol. The van der Waals surface area contributed by atoms with Crippen LogP contribution in [0.15, 0.2) is 9.85 Å². The fraction of sp³-hybridized carbons (Fsp3) is 0.286. The summed E-state index contributed by atoms with van der Waals surface area (Å²) in [6.07, 6.45) is -0.697. The van der Waals surface area contributed by atoms with Crippen molar-refractivity contribution < 1.29 is 14.3 Å². The number of carbonyl (C=O) groups excluding carboxylic acids is 1. The molecule has 1 aromatic heterocycles. The first-order valence-corrected chi connectivity index (χ1v) is 4.81. The second-order valence-corrected chi connectivity index (χ2v) is 3.71. The summed E-state index contributed by atoms with van der Waals surface area (Å²) in [6, 6.07) is 0. The molecule has 0 atom stereocenters. The molecule has 0 N–H and O–H groups in total. The molecule has 0 aliphatic rings. The molecule has 0 aliphatic carbocycles. The van der Waals surface area contributed by atoms with Gasteiger partial charge in [0.2, 0.25) is 5.06 Å². The van der Waals surface area contributed by atoms with Crippen LogP contribution in [0.4, 0.5) is 4.79 Å². The van der Waals surface area contributed by atoms with Crippen molar-refractivity contribution in [3.63, 3.8) is 0 Å². The summed E-state index contributed by atoms with van der Waals surface area (Å²) in [5.74, 6) is 0. The molecule has 0 spiro atoms. The molecule has 0 aromatic carbocycles. The number of halogens is 1. The minimum atomic E-state index is -0.697. The van der Waals surface area contributed by atoms with Gasteiger partial charge in [0.1, 0.15) is 0 Å². The summed E-state index contributed by atoms with van der Waals surface area (Å²) in [7, 11) is 1.27.